The maximum atomic E-state index is 5.16. The Balaban J connectivity index is 1.53. The minimum absolute atomic E-state index is 0.111. The van der Waals surface area contributed by atoms with Gasteiger partial charge in [0.25, 0.3) is 0 Å². The molecular weight excluding hydrogens is 388 g/mol. The summed E-state index contributed by atoms with van der Waals surface area (Å²) >= 11 is 0. The molecule has 0 saturated heterocycles. The second-order valence-electron chi connectivity index (χ2n) is 10.2. The summed E-state index contributed by atoms with van der Waals surface area (Å²) in [5, 5.41) is 5.22. The van der Waals surface area contributed by atoms with Crippen molar-refractivity contribution in [2.24, 2.45) is 4.99 Å². The molecule has 0 N–H and O–H groups in total. The number of aliphatic imine (C=N–C) groups is 1. The molecule has 2 aliphatic rings. The summed E-state index contributed by atoms with van der Waals surface area (Å²) in [6, 6.07) is 26.3. The van der Waals surface area contributed by atoms with Gasteiger partial charge in [-0.15, -0.1) is 0 Å². The summed E-state index contributed by atoms with van der Waals surface area (Å²) in [5.41, 5.74) is 7.30. The average molecular weight is 417 g/mol. The highest BCUT2D eigenvalue weighted by atomic mass is 15.2. The fourth-order valence-electron chi connectivity index (χ4n) is 5.90. The van der Waals surface area contributed by atoms with Crippen LogP contribution in [0.25, 0.3) is 21.5 Å². The molecule has 6 rings (SSSR count). The van der Waals surface area contributed by atoms with Crippen LogP contribution in [0.5, 0.6) is 0 Å². The summed E-state index contributed by atoms with van der Waals surface area (Å²) in [4.78, 5) is 7.52. The van der Waals surface area contributed by atoms with Crippen molar-refractivity contribution >= 4 is 38.6 Å². The average Bonchev–Trinajstić information content (AvgIpc) is 3.16. The van der Waals surface area contributed by atoms with Gasteiger partial charge in [-0.05, 0) is 50.9 Å². The highest BCUT2D eigenvalue weighted by molar-refractivity contribution is 6.13. The van der Waals surface area contributed by atoms with E-state index in [9.17, 15) is 0 Å². The fourth-order valence-corrected chi connectivity index (χ4v) is 5.90. The lowest BCUT2D eigenvalue weighted by Gasteiger charge is -2.27. The van der Waals surface area contributed by atoms with Crippen LogP contribution in [0.1, 0.15) is 38.8 Å². The first-order valence-electron chi connectivity index (χ1n) is 11.4. The second kappa shape index (κ2) is 6.32. The van der Waals surface area contributed by atoms with Crippen LogP contribution >= 0.6 is 0 Å². The minimum atomic E-state index is -0.156. The SMILES string of the molecule is CN1/C(=C\C2=Nc3ccc4ccccc4c3C2(C)C)C(C)(C)c2c1ccc1ccccc21. The van der Waals surface area contributed by atoms with Crippen LogP contribution < -0.4 is 4.90 Å². The molecular formula is C30H28N2. The molecule has 0 atom stereocenters. The molecule has 0 unspecified atom stereocenters. The Labute approximate surface area is 189 Å². The number of hydrogen-bond donors (Lipinski definition) is 0. The number of fused-ring (bicyclic) bond motifs is 6. The summed E-state index contributed by atoms with van der Waals surface area (Å²) in [6.45, 7) is 9.31. The van der Waals surface area contributed by atoms with Gasteiger partial charge in [0.2, 0.25) is 0 Å². The molecule has 2 aliphatic heterocycles. The topological polar surface area (TPSA) is 15.6 Å². The lowest BCUT2D eigenvalue weighted by atomic mass is 9.76. The lowest BCUT2D eigenvalue weighted by molar-refractivity contribution is 0.644. The number of likely N-dealkylation sites (N-methyl/N-ethyl adjacent to an activating group) is 1. The monoisotopic (exact) mass is 416 g/mol. The predicted octanol–water partition coefficient (Wildman–Crippen LogP) is 7.67. The zero-order valence-corrected chi connectivity index (χ0v) is 19.4. The largest absolute Gasteiger partial charge is 0.347 e. The van der Waals surface area contributed by atoms with E-state index in [2.05, 4.69) is 119 Å². The summed E-state index contributed by atoms with van der Waals surface area (Å²) in [7, 11) is 2.19. The van der Waals surface area contributed by atoms with Crippen LogP contribution in [-0.2, 0) is 10.8 Å². The van der Waals surface area contributed by atoms with E-state index in [0.29, 0.717) is 0 Å². The zero-order chi connectivity index (χ0) is 22.3. The smallest absolute Gasteiger partial charge is 0.0681 e. The van der Waals surface area contributed by atoms with Gasteiger partial charge in [0.1, 0.15) is 0 Å². The standard InChI is InChI=1S/C30H28N2/c1-29(2)25(31-23-16-14-19-10-6-8-12-21(19)27(23)29)18-26-30(3,4)28-22-13-9-7-11-20(22)15-17-24(28)32(26)5/h6-18H,1-5H3/b26-18-. The molecule has 0 spiro atoms. The number of benzene rings is 4. The Morgan fingerprint density at radius 2 is 1.28 bits per heavy atom. The summed E-state index contributed by atoms with van der Waals surface area (Å²) in [5.74, 6) is 0. The van der Waals surface area contributed by atoms with E-state index in [4.69, 9.17) is 4.99 Å². The summed E-state index contributed by atoms with van der Waals surface area (Å²) in [6.07, 6.45) is 2.35. The molecule has 2 heterocycles. The van der Waals surface area contributed by atoms with Gasteiger partial charge < -0.3 is 4.90 Å². The van der Waals surface area contributed by atoms with E-state index in [-0.39, 0.29) is 10.8 Å². The lowest BCUT2D eigenvalue weighted by Crippen LogP contribution is -2.29. The molecule has 32 heavy (non-hydrogen) atoms. The van der Waals surface area contributed by atoms with Crippen LogP contribution in [0, 0.1) is 0 Å². The van der Waals surface area contributed by atoms with Gasteiger partial charge in [0.05, 0.1) is 11.4 Å². The van der Waals surface area contributed by atoms with E-state index in [1.165, 1.54) is 44.1 Å². The number of hydrogen-bond acceptors (Lipinski definition) is 2. The van der Waals surface area contributed by atoms with Gasteiger partial charge >= 0.3 is 0 Å². The molecule has 0 amide bonds. The fraction of sp³-hybridized carbons (Fsp3) is 0.233. The first-order valence-corrected chi connectivity index (χ1v) is 11.4. The third-order valence-corrected chi connectivity index (χ3v) is 7.58. The Bertz CT molecular complexity index is 1480. The molecule has 158 valence electrons. The van der Waals surface area contributed by atoms with Crippen molar-refractivity contribution in [1.82, 2.24) is 0 Å². The Kier molecular flexibility index (Phi) is 3.81. The number of anilines is 1. The van der Waals surface area contributed by atoms with Crippen LogP contribution in [0.15, 0.2) is 89.6 Å². The molecule has 4 aromatic carbocycles. The molecule has 0 saturated carbocycles. The molecule has 0 fully saturated rings. The Hall–Kier alpha value is -3.39. The van der Waals surface area contributed by atoms with Crippen molar-refractivity contribution < 1.29 is 0 Å². The zero-order valence-electron chi connectivity index (χ0n) is 19.4. The number of nitrogens with zero attached hydrogens (tertiary/aromatic N) is 2. The van der Waals surface area contributed by atoms with Gasteiger partial charge in [-0.3, -0.25) is 4.99 Å². The molecule has 2 nitrogen and oxygen atoms in total. The van der Waals surface area contributed by atoms with Gasteiger partial charge in [-0.25, -0.2) is 0 Å². The third kappa shape index (κ3) is 2.44. The third-order valence-electron chi connectivity index (χ3n) is 7.58. The van der Waals surface area contributed by atoms with Gasteiger partial charge in [0.15, 0.2) is 0 Å². The van der Waals surface area contributed by atoms with E-state index >= 15 is 0 Å². The van der Waals surface area contributed by atoms with E-state index < -0.39 is 0 Å². The van der Waals surface area contributed by atoms with Crippen LogP contribution in [0.2, 0.25) is 0 Å². The van der Waals surface area contributed by atoms with Crippen molar-refractivity contribution in [1.29, 1.82) is 0 Å². The number of allylic oxidation sites excluding steroid dienone is 2. The second-order valence-corrected chi connectivity index (χ2v) is 10.2. The van der Waals surface area contributed by atoms with Crippen molar-refractivity contribution in [2.45, 2.75) is 38.5 Å². The van der Waals surface area contributed by atoms with Crippen molar-refractivity contribution in [3.8, 4) is 0 Å². The van der Waals surface area contributed by atoms with E-state index in [0.717, 1.165) is 11.4 Å². The van der Waals surface area contributed by atoms with Crippen molar-refractivity contribution in [3.05, 3.63) is 95.7 Å². The molecule has 0 radical (unpaired) electrons. The molecule has 4 aromatic rings. The van der Waals surface area contributed by atoms with E-state index in [1.807, 2.05) is 0 Å². The predicted molar refractivity (Wildman–Crippen MR) is 138 cm³/mol. The molecule has 2 heteroatoms. The maximum Gasteiger partial charge on any atom is 0.0681 e. The first-order chi connectivity index (χ1) is 15.3. The van der Waals surface area contributed by atoms with Crippen molar-refractivity contribution in [3.63, 3.8) is 0 Å². The summed E-state index contributed by atoms with van der Waals surface area (Å²) < 4.78 is 0. The first kappa shape index (κ1) is 19.3. The minimum Gasteiger partial charge on any atom is -0.347 e. The van der Waals surface area contributed by atoms with Crippen LogP contribution in [-0.4, -0.2) is 12.8 Å². The number of rotatable bonds is 1. The van der Waals surface area contributed by atoms with Gasteiger partial charge in [0, 0.05) is 29.3 Å². The maximum absolute atomic E-state index is 5.16. The van der Waals surface area contributed by atoms with Crippen molar-refractivity contribution in [2.75, 3.05) is 11.9 Å². The Morgan fingerprint density at radius 1 is 0.688 bits per heavy atom. The molecule has 0 aliphatic carbocycles. The Morgan fingerprint density at radius 3 is 1.97 bits per heavy atom. The molecule has 0 bridgehead atoms. The highest BCUT2D eigenvalue weighted by Gasteiger charge is 2.42. The molecule has 0 aromatic heterocycles. The highest BCUT2D eigenvalue weighted by Crippen LogP contribution is 2.51. The normalized spacial score (nSPS) is 19.5. The van der Waals surface area contributed by atoms with E-state index in [1.54, 1.807) is 0 Å². The quantitative estimate of drug-likeness (QED) is 0.311. The van der Waals surface area contributed by atoms with Gasteiger partial charge in [-0.2, -0.15) is 0 Å². The van der Waals surface area contributed by atoms with Crippen LogP contribution in [0.4, 0.5) is 11.4 Å². The van der Waals surface area contributed by atoms with Gasteiger partial charge in [-0.1, -0.05) is 88.4 Å². The van der Waals surface area contributed by atoms with Crippen LogP contribution in [0.3, 0.4) is 0 Å².